The average Bonchev–Trinajstić information content (AvgIpc) is 2.97. The highest BCUT2D eigenvalue weighted by Gasteiger charge is 2.10. The number of nitrogens with one attached hydrogen (secondary N) is 1. The van der Waals surface area contributed by atoms with Crippen molar-refractivity contribution in [3.8, 4) is 0 Å². The zero-order chi connectivity index (χ0) is 29.5. The molecule has 17 heteroatoms. The van der Waals surface area contributed by atoms with Crippen molar-refractivity contribution >= 4 is 109 Å². The van der Waals surface area contributed by atoms with Crippen molar-refractivity contribution in [2.75, 3.05) is 22.5 Å². The van der Waals surface area contributed by atoms with Crippen LogP contribution < -0.4 is 22.5 Å². The number of hydrogen-bond donors (Lipinski definition) is 4. The Morgan fingerprint density at radius 2 is 1.10 bits per heavy atom. The molecule has 0 bridgehead atoms. The Morgan fingerprint density at radius 1 is 0.561 bits per heavy atom. The van der Waals surface area contributed by atoms with Gasteiger partial charge in [-0.3, -0.25) is 19.9 Å². The van der Waals surface area contributed by atoms with Crippen LogP contribution in [0.3, 0.4) is 0 Å². The van der Waals surface area contributed by atoms with Crippen LogP contribution in [0.15, 0.2) is 61.4 Å². The summed E-state index contributed by atoms with van der Waals surface area (Å²) < 4.78 is 0. The smallest absolute Gasteiger partial charge is 0.224 e. The largest absolute Gasteiger partial charge is 0.397 e. The summed E-state index contributed by atoms with van der Waals surface area (Å²) in [5, 5.41) is 4.03. The van der Waals surface area contributed by atoms with Crippen molar-refractivity contribution in [2.24, 2.45) is 0 Å². The lowest BCUT2D eigenvalue weighted by molar-refractivity contribution is 1.17. The fourth-order valence-corrected chi connectivity index (χ4v) is 3.80. The van der Waals surface area contributed by atoms with Gasteiger partial charge in [0.25, 0.3) is 0 Å². The second-order valence-electron chi connectivity index (χ2n) is 7.68. The molecule has 0 atom stereocenters. The van der Waals surface area contributed by atoms with Crippen molar-refractivity contribution < 1.29 is 0 Å². The molecule has 4 aromatic heterocycles. The molecule has 12 nitrogen and oxygen atoms in total. The molecule has 0 radical (unpaired) electrons. The molecule has 0 aliphatic carbocycles. The van der Waals surface area contributed by atoms with Gasteiger partial charge in [-0.15, -0.1) is 0 Å². The van der Waals surface area contributed by atoms with E-state index in [9.17, 15) is 0 Å². The van der Waals surface area contributed by atoms with Crippen LogP contribution in [0.5, 0.6) is 0 Å². The molecule has 7 N–H and O–H groups in total. The third kappa shape index (κ3) is 7.57. The van der Waals surface area contributed by atoms with Crippen LogP contribution in [-0.4, -0.2) is 39.9 Å². The molecule has 2 aromatic carbocycles. The maximum absolute atomic E-state index is 6.07. The Hall–Kier alpha value is -4.07. The molecule has 4 heterocycles. The Bertz CT molecular complexity index is 1840. The summed E-state index contributed by atoms with van der Waals surface area (Å²) in [6, 6.07) is 7.11. The average molecular weight is 651 g/mol. The van der Waals surface area contributed by atoms with Crippen molar-refractivity contribution in [1.29, 1.82) is 0 Å². The van der Waals surface area contributed by atoms with Gasteiger partial charge in [0.15, 0.2) is 11.0 Å². The molecule has 6 rings (SSSR count). The van der Waals surface area contributed by atoms with E-state index in [0.29, 0.717) is 55.2 Å². The van der Waals surface area contributed by atoms with Gasteiger partial charge in [-0.05, 0) is 47.5 Å². The van der Waals surface area contributed by atoms with Crippen LogP contribution in [0.2, 0.25) is 25.8 Å². The van der Waals surface area contributed by atoms with Crippen LogP contribution in [0.4, 0.5) is 28.6 Å². The van der Waals surface area contributed by atoms with Gasteiger partial charge in [0.2, 0.25) is 10.6 Å². The number of benzene rings is 2. The summed E-state index contributed by atoms with van der Waals surface area (Å²) in [6.07, 6.45) is 9.17. The molecule has 6 aromatic rings. The van der Waals surface area contributed by atoms with Crippen LogP contribution in [0.1, 0.15) is 0 Å². The molecular formula is C24H17Cl5N12. The van der Waals surface area contributed by atoms with Crippen LogP contribution in [0.25, 0.3) is 22.1 Å². The first kappa shape index (κ1) is 29.9. The number of rotatable bonds is 2. The zero-order valence-electron chi connectivity index (χ0n) is 20.5. The summed E-state index contributed by atoms with van der Waals surface area (Å²) in [5.74, 6) is 0.376. The van der Waals surface area contributed by atoms with E-state index in [-0.39, 0.29) is 15.7 Å². The molecule has 41 heavy (non-hydrogen) atoms. The first-order valence-corrected chi connectivity index (χ1v) is 13.1. The second-order valence-corrected chi connectivity index (χ2v) is 9.53. The standard InChI is InChI=1S/C12H8Cl2N6.C8H8N4.C4HCl3N2/c13-6-5-18-12(14)20-11(6)19-7-1-2-8-10(9(7)15)17-4-3-16-8;9-5-1-2-6-8(7(5)10)12-4-3-11-6;5-2-1-8-4(7)9-3(2)6/h1-5H,15H2,(H,18,19,20);1-4H,9-10H2;1H. The Kier molecular flexibility index (Phi) is 9.86. The Morgan fingerprint density at radius 3 is 1.71 bits per heavy atom. The Balaban J connectivity index is 0.000000156. The van der Waals surface area contributed by atoms with E-state index in [1.807, 2.05) is 0 Å². The molecule has 0 fully saturated rings. The normalized spacial score (nSPS) is 10.4. The first-order valence-electron chi connectivity index (χ1n) is 11.2. The van der Waals surface area contributed by atoms with Gasteiger partial charge in [0.1, 0.15) is 16.1 Å². The number of aromatic nitrogens is 8. The topological polar surface area (TPSA) is 193 Å². The maximum Gasteiger partial charge on any atom is 0.224 e. The number of nitrogen functional groups attached to an aromatic ring is 3. The van der Waals surface area contributed by atoms with E-state index < -0.39 is 0 Å². The number of anilines is 5. The van der Waals surface area contributed by atoms with E-state index >= 15 is 0 Å². The Labute approximate surface area is 257 Å². The molecule has 0 unspecified atom stereocenters. The number of fused-ring (bicyclic) bond motifs is 2. The summed E-state index contributed by atoms with van der Waals surface area (Å²) in [5.41, 5.74) is 22.2. The minimum absolute atomic E-state index is 0.0936. The van der Waals surface area contributed by atoms with Crippen LogP contribution in [-0.2, 0) is 0 Å². The monoisotopic (exact) mass is 648 g/mol. The van der Waals surface area contributed by atoms with Gasteiger partial charge in [0, 0.05) is 24.8 Å². The van der Waals surface area contributed by atoms with Gasteiger partial charge in [0.05, 0.1) is 51.2 Å². The maximum atomic E-state index is 6.07. The van der Waals surface area contributed by atoms with Gasteiger partial charge >= 0.3 is 0 Å². The highest BCUT2D eigenvalue weighted by Crippen LogP contribution is 2.30. The molecular weight excluding hydrogens is 634 g/mol. The van der Waals surface area contributed by atoms with Gasteiger partial charge in [-0.2, -0.15) is 4.98 Å². The van der Waals surface area contributed by atoms with Crippen molar-refractivity contribution in [1.82, 2.24) is 39.9 Å². The molecule has 0 saturated carbocycles. The van der Waals surface area contributed by atoms with Gasteiger partial charge < -0.3 is 22.5 Å². The van der Waals surface area contributed by atoms with E-state index in [1.54, 1.807) is 49.1 Å². The molecule has 0 spiro atoms. The lowest BCUT2D eigenvalue weighted by Crippen LogP contribution is -2.01. The number of nitrogens with two attached hydrogens (primary N) is 3. The molecule has 0 saturated heterocycles. The van der Waals surface area contributed by atoms with E-state index in [1.165, 1.54) is 12.4 Å². The predicted octanol–water partition coefficient (Wildman–Crippen LogP) is 6.28. The third-order valence-electron chi connectivity index (χ3n) is 5.03. The summed E-state index contributed by atoms with van der Waals surface area (Å²) in [4.78, 5) is 31.5. The van der Waals surface area contributed by atoms with E-state index in [0.717, 1.165) is 5.52 Å². The number of nitrogens with zero attached hydrogens (tertiary/aromatic N) is 8. The predicted molar refractivity (Wildman–Crippen MR) is 165 cm³/mol. The minimum Gasteiger partial charge on any atom is -0.397 e. The molecule has 0 amide bonds. The zero-order valence-corrected chi connectivity index (χ0v) is 24.3. The van der Waals surface area contributed by atoms with Crippen molar-refractivity contribution in [3.05, 3.63) is 87.2 Å². The second kappa shape index (κ2) is 13.5. The van der Waals surface area contributed by atoms with Gasteiger partial charge in [-0.25, -0.2) is 15.0 Å². The molecule has 208 valence electrons. The summed E-state index contributed by atoms with van der Waals surface area (Å²) in [6.45, 7) is 0. The summed E-state index contributed by atoms with van der Waals surface area (Å²) in [7, 11) is 0. The lowest BCUT2D eigenvalue weighted by atomic mass is 10.2. The lowest BCUT2D eigenvalue weighted by Gasteiger charge is -2.11. The SMILES string of the molecule is Clc1ncc(Cl)c(Cl)n1.Nc1c(Nc2nc(Cl)ncc2Cl)ccc2nccnc12.Nc1ccc2nccnc2c1N. The van der Waals surface area contributed by atoms with Crippen LogP contribution >= 0.6 is 58.0 Å². The number of halogens is 5. The third-order valence-corrected chi connectivity index (χ3v) is 6.34. The quantitative estimate of drug-likeness (QED) is 0.0932. The fraction of sp³-hybridized carbons (Fsp3) is 0. The number of hydrogen-bond acceptors (Lipinski definition) is 12. The van der Waals surface area contributed by atoms with Crippen LogP contribution in [0, 0.1) is 0 Å². The first-order chi connectivity index (χ1) is 19.6. The molecule has 0 aliphatic rings. The van der Waals surface area contributed by atoms with Crippen molar-refractivity contribution in [3.63, 3.8) is 0 Å². The summed E-state index contributed by atoms with van der Waals surface area (Å²) >= 11 is 28.0. The van der Waals surface area contributed by atoms with E-state index in [2.05, 4.69) is 45.2 Å². The van der Waals surface area contributed by atoms with Gasteiger partial charge in [-0.1, -0.05) is 34.8 Å². The minimum atomic E-state index is 0.0936. The molecule has 0 aliphatic heterocycles. The van der Waals surface area contributed by atoms with E-state index in [4.69, 9.17) is 75.2 Å². The van der Waals surface area contributed by atoms with Crippen molar-refractivity contribution in [2.45, 2.75) is 0 Å². The highest BCUT2D eigenvalue weighted by atomic mass is 35.5. The fourth-order valence-electron chi connectivity index (χ4n) is 3.13. The highest BCUT2D eigenvalue weighted by molar-refractivity contribution is 6.41.